The average Bonchev–Trinajstić information content (AvgIpc) is 3.12. The summed E-state index contributed by atoms with van der Waals surface area (Å²) in [5.74, 6) is 2.34. The smallest absolute Gasteiger partial charge is 0.171 e. The summed E-state index contributed by atoms with van der Waals surface area (Å²) >= 11 is 0. The Labute approximate surface area is 152 Å². The fourth-order valence-electron chi connectivity index (χ4n) is 4.54. The van der Waals surface area contributed by atoms with Gasteiger partial charge in [-0.25, -0.2) is 0 Å². The van der Waals surface area contributed by atoms with Gasteiger partial charge in [0.05, 0.1) is 14.2 Å². The lowest BCUT2D eigenvalue weighted by Crippen LogP contribution is -2.39. The van der Waals surface area contributed by atoms with E-state index in [0.29, 0.717) is 18.4 Å². The maximum absolute atomic E-state index is 6.37. The molecule has 2 aromatic rings. The molecule has 0 saturated carbocycles. The largest absolute Gasteiger partial charge is 0.493 e. The number of benzene rings is 2. The van der Waals surface area contributed by atoms with Crippen molar-refractivity contribution in [2.24, 2.45) is 0 Å². The summed E-state index contributed by atoms with van der Waals surface area (Å²) in [6.45, 7) is 2.35. The molecule has 0 radical (unpaired) electrons. The zero-order valence-electron chi connectivity index (χ0n) is 15.0. The number of nitrogens with two attached hydrogens (primary N) is 1. The lowest BCUT2D eigenvalue weighted by Gasteiger charge is -2.42. The van der Waals surface area contributed by atoms with Crippen LogP contribution < -0.4 is 20.1 Å². The number of methoxy groups -OCH3 is 2. The van der Waals surface area contributed by atoms with Crippen LogP contribution in [0.3, 0.4) is 0 Å². The number of nitrogen functional groups attached to an aromatic ring is 1. The molecule has 0 bridgehead atoms. The normalized spacial score (nSPS) is 20.5. The molecule has 3 aliphatic heterocycles. The van der Waals surface area contributed by atoms with E-state index in [4.69, 9.17) is 25.0 Å². The van der Waals surface area contributed by atoms with Crippen LogP contribution in [0, 0.1) is 0 Å². The molecular formula is C20H22N2O4. The summed E-state index contributed by atoms with van der Waals surface area (Å²) in [6.07, 6.45) is 1.88. The highest BCUT2D eigenvalue weighted by Crippen LogP contribution is 2.47. The Morgan fingerprint density at radius 1 is 1.12 bits per heavy atom. The molecular weight excluding hydrogens is 332 g/mol. The van der Waals surface area contributed by atoms with Gasteiger partial charge in [0.2, 0.25) is 0 Å². The number of fused-ring (bicyclic) bond motifs is 5. The van der Waals surface area contributed by atoms with Gasteiger partial charge >= 0.3 is 0 Å². The van der Waals surface area contributed by atoms with E-state index < -0.39 is 0 Å². The minimum Gasteiger partial charge on any atom is -0.493 e. The zero-order chi connectivity index (χ0) is 17.8. The van der Waals surface area contributed by atoms with E-state index in [1.54, 1.807) is 14.2 Å². The SMILES string of the molecule is COc1cc(N)c2c(c1OC)CN1CCc3cc4c(cc3C1C2)OOC4. The second-order valence-electron chi connectivity index (χ2n) is 7.10. The summed E-state index contributed by atoms with van der Waals surface area (Å²) in [5.41, 5.74) is 13.3. The second-order valence-corrected chi connectivity index (χ2v) is 7.10. The van der Waals surface area contributed by atoms with Crippen molar-refractivity contribution in [2.75, 3.05) is 26.5 Å². The second kappa shape index (κ2) is 5.79. The van der Waals surface area contributed by atoms with Gasteiger partial charge in [-0.05, 0) is 41.7 Å². The van der Waals surface area contributed by atoms with E-state index in [9.17, 15) is 0 Å². The van der Waals surface area contributed by atoms with Gasteiger partial charge in [0, 0.05) is 42.0 Å². The molecule has 6 heteroatoms. The molecule has 1 unspecified atom stereocenters. The predicted molar refractivity (Wildman–Crippen MR) is 96.4 cm³/mol. The standard InChI is InChI=1S/C20H22N2O4/c1-23-19-8-16(21)14-6-17-13-7-18-12(10-25-26-18)5-11(13)3-4-22(17)9-15(14)20(19)24-2/h5,7-8,17H,3-4,6,9-10,21H2,1-2H3. The van der Waals surface area contributed by atoms with Crippen LogP contribution in [0.5, 0.6) is 17.2 Å². The van der Waals surface area contributed by atoms with Crippen LogP contribution >= 0.6 is 0 Å². The third-order valence-electron chi connectivity index (χ3n) is 5.83. The summed E-state index contributed by atoms with van der Waals surface area (Å²) in [4.78, 5) is 13.0. The highest BCUT2D eigenvalue weighted by molar-refractivity contribution is 5.64. The van der Waals surface area contributed by atoms with Crippen LogP contribution in [0.15, 0.2) is 18.2 Å². The number of hydrogen-bond donors (Lipinski definition) is 1. The van der Waals surface area contributed by atoms with Crippen molar-refractivity contribution in [1.82, 2.24) is 4.90 Å². The molecule has 2 aromatic carbocycles. The third-order valence-corrected chi connectivity index (χ3v) is 5.83. The van der Waals surface area contributed by atoms with Gasteiger partial charge in [-0.1, -0.05) is 0 Å². The van der Waals surface area contributed by atoms with E-state index in [0.717, 1.165) is 59.8 Å². The maximum atomic E-state index is 6.37. The lowest BCUT2D eigenvalue weighted by molar-refractivity contribution is -0.194. The minimum absolute atomic E-state index is 0.293. The number of rotatable bonds is 2. The van der Waals surface area contributed by atoms with Crippen LogP contribution in [0.2, 0.25) is 0 Å². The minimum atomic E-state index is 0.293. The molecule has 0 aromatic heterocycles. The van der Waals surface area contributed by atoms with Gasteiger partial charge in [-0.3, -0.25) is 4.90 Å². The summed E-state index contributed by atoms with van der Waals surface area (Å²) < 4.78 is 11.1. The first-order valence-electron chi connectivity index (χ1n) is 8.91. The van der Waals surface area contributed by atoms with Crippen LogP contribution in [0.25, 0.3) is 0 Å². The monoisotopic (exact) mass is 354 g/mol. The quantitative estimate of drug-likeness (QED) is 0.661. The summed E-state index contributed by atoms with van der Waals surface area (Å²) in [5, 5.41) is 0. The Bertz CT molecular complexity index is 896. The van der Waals surface area contributed by atoms with Crippen molar-refractivity contribution in [1.29, 1.82) is 0 Å². The summed E-state index contributed by atoms with van der Waals surface area (Å²) in [7, 11) is 3.33. The molecule has 0 amide bonds. The van der Waals surface area contributed by atoms with Gasteiger partial charge in [0.1, 0.15) is 6.61 Å². The maximum Gasteiger partial charge on any atom is 0.171 e. The van der Waals surface area contributed by atoms with Crippen molar-refractivity contribution in [3.05, 3.63) is 46.0 Å². The Balaban J connectivity index is 1.60. The number of hydrogen-bond acceptors (Lipinski definition) is 6. The highest BCUT2D eigenvalue weighted by atomic mass is 17.2. The van der Waals surface area contributed by atoms with E-state index in [1.807, 2.05) is 6.07 Å². The lowest BCUT2D eigenvalue weighted by atomic mass is 9.82. The Morgan fingerprint density at radius 3 is 2.81 bits per heavy atom. The first kappa shape index (κ1) is 15.8. The van der Waals surface area contributed by atoms with Gasteiger partial charge in [-0.2, -0.15) is 4.89 Å². The zero-order valence-corrected chi connectivity index (χ0v) is 15.0. The molecule has 3 heterocycles. The molecule has 0 fully saturated rings. The molecule has 1 atom stereocenters. The molecule has 3 aliphatic rings. The Hall–Kier alpha value is -2.44. The molecule has 5 rings (SSSR count). The van der Waals surface area contributed by atoms with Crippen LogP contribution in [0.1, 0.15) is 33.9 Å². The molecule has 0 spiro atoms. The van der Waals surface area contributed by atoms with E-state index >= 15 is 0 Å². The fraction of sp³-hybridized carbons (Fsp3) is 0.400. The number of ether oxygens (including phenoxy) is 2. The fourth-order valence-corrected chi connectivity index (χ4v) is 4.54. The molecule has 6 nitrogen and oxygen atoms in total. The average molecular weight is 354 g/mol. The third kappa shape index (κ3) is 2.19. The Kier molecular flexibility index (Phi) is 3.52. The van der Waals surface area contributed by atoms with Crippen molar-refractivity contribution in [3.8, 4) is 17.2 Å². The van der Waals surface area contributed by atoms with Crippen molar-refractivity contribution in [3.63, 3.8) is 0 Å². The van der Waals surface area contributed by atoms with Crippen LogP contribution in [0.4, 0.5) is 5.69 Å². The predicted octanol–water partition coefficient (Wildman–Crippen LogP) is 2.77. The van der Waals surface area contributed by atoms with E-state index in [1.165, 1.54) is 11.1 Å². The Morgan fingerprint density at radius 2 is 2.00 bits per heavy atom. The number of anilines is 1. The van der Waals surface area contributed by atoms with E-state index in [-0.39, 0.29) is 0 Å². The van der Waals surface area contributed by atoms with Gasteiger partial charge in [0.15, 0.2) is 17.2 Å². The van der Waals surface area contributed by atoms with E-state index in [2.05, 4.69) is 17.0 Å². The topological polar surface area (TPSA) is 66.2 Å². The molecule has 136 valence electrons. The molecule has 26 heavy (non-hydrogen) atoms. The van der Waals surface area contributed by atoms with Gasteiger partial charge < -0.3 is 20.1 Å². The van der Waals surface area contributed by atoms with Crippen LogP contribution in [-0.4, -0.2) is 25.7 Å². The first-order valence-corrected chi connectivity index (χ1v) is 8.91. The number of nitrogens with zero attached hydrogens (tertiary/aromatic N) is 1. The van der Waals surface area contributed by atoms with Gasteiger partial charge in [0.25, 0.3) is 0 Å². The van der Waals surface area contributed by atoms with Gasteiger partial charge in [-0.15, -0.1) is 0 Å². The first-order chi connectivity index (χ1) is 12.7. The molecule has 0 aliphatic carbocycles. The van der Waals surface area contributed by atoms with Crippen molar-refractivity contribution < 1.29 is 19.2 Å². The van der Waals surface area contributed by atoms with Crippen molar-refractivity contribution >= 4 is 5.69 Å². The summed E-state index contributed by atoms with van der Waals surface area (Å²) in [6, 6.07) is 6.55. The molecule has 0 saturated heterocycles. The molecule has 2 N–H and O–H groups in total. The van der Waals surface area contributed by atoms with Crippen LogP contribution in [-0.2, 0) is 30.9 Å². The van der Waals surface area contributed by atoms with Crippen molar-refractivity contribution in [2.45, 2.75) is 32.0 Å². The highest BCUT2D eigenvalue weighted by Gasteiger charge is 2.36.